The highest BCUT2D eigenvalue weighted by molar-refractivity contribution is 14.1. The van der Waals surface area contributed by atoms with Gasteiger partial charge in [0.2, 0.25) is 5.91 Å². The predicted octanol–water partition coefficient (Wildman–Crippen LogP) is 5.55. The number of nitrogens with one attached hydrogen (secondary N) is 2. The Hall–Kier alpha value is -0.950. The molecule has 0 radical (unpaired) electrons. The van der Waals surface area contributed by atoms with Crippen LogP contribution in [-0.4, -0.2) is 11.9 Å². The van der Waals surface area contributed by atoms with E-state index in [9.17, 15) is 28.6 Å². The summed E-state index contributed by atoms with van der Waals surface area (Å²) < 4.78 is 80.8. The largest absolute Gasteiger partial charge is 0.326 e. The number of fused-ring (bicyclic) bond motifs is 2. The summed E-state index contributed by atoms with van der Waals surface area (Å²) >= 11 is 1.90. The number of benzene rings is 1. The molecule has 3 nitrogen and oxygen atoms in total. The maximum atomic E-state index is 13.3. The van der Waals surface area contributed by atoms with E-state index in [1.54, 1.807) is 0 Å². The maximum Gasteiger partial charge on any atom is 0.313 e. The standard InChI is InChI=1S/C14H13F6IN2OS/c15-10-4-3-9(6-11(10)25(16,17,18,19)20)22-14(24)12-7-1-2-8(5-7)13(12)23-21/h1-4,6-8,12-13,23H,5H2,(H,22,24)/t7-,8+,12+,13-/m1/s1. The molecule has 1 fully saturated rings. The van der Waals surface area contributed by atoms with Gasteiger partial charge in [0.05, 0.1) is 5.92 Å². The van der Waals surface area contributed by atoms with E-state index in [1.807, 2.05) is 35.0 Å². The van der Waals surface area contributed by atoms with Gasteiger partial charge in [-0.05, 0) is 36.5 Å². The minimum Gasteiger partial charge on any atom is -0.326 e. The number of amides is 1. The first-order chi connectivity index (χ1) is 11.3. The molecule has 1 aromatic rings. The zero-order chi connectivity index (χ0) is 18.7. The molecule has 1 aromatic carbocycles. The molecule has 11 heteroatoms. The number of hydrogen-bond acceptors (Lipinski definition) is 2. The van der Waals surface area contributed by atoms with Crippen molar-refractivity contribution >= 4 is 44.7 Å². The quantitative estimate of drug-likeness (QED) is 0.248. The van der Waals surface area contributed by atoms with Gasteiger partial charge in [-0.25, -0.2) is 4.39 Å². The van der Waals surface area contributed by atoms with Crippen LogP contribution in [-0.2, 0) is 4.79 Å². The fourth-order valence-corrected chi connectivity index (χ4v) is 5.07. The van der Waals surface area contributed by atoms with Crippen LogP contribution in [0.5, 0.6) is 0 Å². The molecule has 1 amide bonds. The van der Waals surface area contributed by atoms with Crippen LogP contribution in [0.3, 0.4) is 0 Å². The van der Waals surface area contributed by atoms with Crippen molar-refractivity contribution in [2.75, 3.05) is 5.32 Å². The normalized spacial score (nSPS) is 30.8. The minimum absolute atomic E-state index is 0.0513. The summed E-state index contributed by atoms with van der Waals surface area (Å²) in [6, 6.07) is 0.851. The van der Waals surface area contributed by atoms with Crippen molar-refractivity contribution in [2.24, 2.45) is 17.8 Å². The molecule has 3 rings (SSSR count). The Morgan fingerprint density at radius 3 is 2.36 bits per heavy atom. The number of carbonyl (C=O) groups excluding carboxylic acids is 1. The molecule has 2 N–H and O–H groups in total. The van der Waals surface area contributed by atoms with Crippen LogP contribution in [0.4, 0.5) is 29.5 Å². The van der Waals surface area contributed by atoms with Crippen LogP contribution in [0.1, 0.15) is 6.42 Å². The van der Waals surface area contributed by atoms with Crippen LogP contribution < -0.4 is 8.85 Å². The first kappa shape index (κ1) is 18.8. The number of rotatable bonds is 4. The lowest BCUT2D eigenvalue weighted by atomic mass is 9.88. The molecule has 0 aromatic heterocycles. The fraction of sp³-hybridized carbons (Fsp3) is 0.357. The van der Waals surface area contributed by atoms with Crippen molar-refractivity contribution in [2.45, 2.75) is 17.4 Å². The molecule has 0 heterocycles. The van der Waals surface area contributed by atoms with Gasteiger partial charge in [0.1, 0.15) is 10.7 Å². The highest BCUT2D eigenvalue weighted by Gasteiger charge is 2.67. The van der Waals surface area contributed by atoms with Gasteiger partial charge < -0.3 is 5.32 Å². The third-order valence-corrected chi connectivity index (χ3v) is 6.37. The SMILES string of the molecule is O=C(Nc1ccc(F)c(S(F)(F)(F)(F)F)c1)[C@@H]1[C@H](NI)[C@H]2C=C[C@@H]1C2. The smallest absolute Gasteiger partial charge is 0.313 e. The summed E-state index contributed by atoms with van der Waals surface area (Å²) in [5.41, 5.74) is -0.520. The summed E-state index contributed by atoms with van der Waals surface area (Å²) in [7, 11) is -10.2. The molecule has 2 aliphatic rings. The highest BCUT2D eigenvalue weighted by atomic mass is 127. The molecule has 1 saturated carbocycles. The van der Waals surface area contributed by atoms with E-state index < -0.39 is 38.4 Å². The van der Waals surface area contributed by atoms with Crippen molar-refractivity contribution in [1.29, 1.82) is 0 Å². The van der Waals surface area contributed by atoms with E-state index in [0.29, 0.717) is 0 Å². The molecule has 0 unspecified atom stereocenters. The Kier molecular flexibility index (Phi) is 3.98. The van der Waals surface area contributed by atoms with Gasteiger partial charge in [-0.1, -0.05) is 31.6 Å². The lowest BCUT2D eigenvalue weighted by Crippen LogP contribution is -2.41. The van der Waals surface area contributed by atoms with E-state index in [4.69, 9.17) is 0 Å². The van der Waals surface area contributed by atoms with E-state index in [2.05, 4.69) is 8.85 Å². The van der Waals surface area contributed by atoms with Gasteiger partial charge in [-0.3, -0.25) is 8.32 Å². The lowest BCUT2D eigenvalue weighted by Gasteiger charge is -2.40. The maximum absolute atomic E-state index is 13.3. The summed E-state index contributed by atoms with van der Waals surface area (Å²) in [6.45, 7) is 0. The van der Waals surface area contributed by atoms with Crippen molar-refractivity contribution in [3.8, 4) is 0 Å². The summed E-state index contributed by atoms with van der Waals surface area (Å²) in [4.78, 5) is 9.81. The molecular weight excluding hydrogens is 485 g/mol. The number of hydrogen-bond donors (Lipinski definition) is 2. The Morgan fingerprint density at radius 1 is 1.12 bits per heavy atom. The summed E-state index contributed by atoms with van der Waals surface area (Å²) in [6.07, 6.45) is 4.57. The van der Waals surface area contributed by atoms with Gasteiger partial charge in [0.25, 0.3) is 0 Å². The average molecular weight is 498 g/mol. The zero-order valence-corrected chi connectivity index (χ0v) is 15.3. The van der Waals surface area contributed by atoms with Crippen LogP contribution in [0.2, 0.25) is 0 Å². The molecule has 140 valence electrons. The third-order valence-electron chi connectivity index (χ3n) is 4.50. The minimum atomic E-state index is -10.2. The lowest BCUT2D eigenvalue weighted by molar-refractivity contribution is -0.121. The van der Waals surface area contributed by atoms with Crippen molar-refractivity contribution < 1.29 is 28.6 Å². The van der Waals surface area contributed by atoms with Gasteiger partial charge in [-0.2, -0.15) is 0 Å². The molecule has 4 atom stereocenters. The Morgan fingerprint density at radius 2 is 1.76 bits per heavy atom. The van der Waals surface area contributed by atoms with E-state index in [0.717, 1.165) is 12.5 Å². The zero-order valence-electron chi connectivity index (χ0n) is 12.4. The number of allylic oxidation sites excluding steroid dienone is 1. The fourth-order valence-electron chi connectivity index (χ4n) is 3.43. The summed E-state index contributed by atoms with van der Waals surface area (Å²) in [5.74, 6) is -3.16. The second-order valence-electron chi connectivity index (χ2n) is 6.21. The second-order valence-corrected chi connectivity index (χ2v) is 9.21. The predicted molar refractivity (Wildman–Crippen MR) is 91.6 cm³/mol. The molecule has 2 aliphatic carbocycles. The van der Waals surface area contributed by atoms with Gasteiger partial charge in [-0.15, -0.1) is 0 Å². The van der Waals surface area contributed by atoms with Crippen LogP contribution in [0.15, 0.2) is 35.2 Å². The molecule has 0 saturated heterocycles. The Bertz CT molecular complexity index is 769. The second kappa shape index (κ2) is 5.28. The highest BCUT2D eigenvalue weighted by Crippen LogP contribution is 3.02. The average Bonchev–Trinajstić information content (AvgIpc) is 3.06. The molecular formula is C14H13F6IN2OS. The van der Waals surface area contributed by atoms with Gasteiger partial charge in [0.15, 0.2) is 0 Å². The van der Waals surface area contributed by atoms with Gasteiger partial charge >= 0.3 is 10.2 Å². The van der Waals surface area contributed by atoms with Crippen LogP contribution in [0, 0.1) is 23.6 Å². The van der Waals surface area contributed by atoms with Crippen molar-refractivity contribution in [3.63, 3.8) is 0 Å². The van der Waals surface area contributed by atoms with Crippen molar-refractivity contribution in [1.82, 2.24) is 3.53 Å². The third kappa shape index (κ3) is 3.63. The molecule has 0 spiro atoms. The first-order valence-corrected chi connectivity index (χ1v) is 10.2. The molecule has 0 aliphatic heterocycles. The topological polar surface area (TPSA) is 41.1 Å². The molecule has 25 heavy (non-hydrogen) atoms. The number of anilines is 1. The van der Waals surface area contributed by atoms with E-state index in [-0.39, 0.29) is 30.0 Å². The van der Waals surface area contributed by atoms with Crippen molar-refractivity contribution in [3.05, 3.63) is 36.2 Å². The number of halogens is 7. The number of carbonyl (C=O) groups is 1. The first-order valence-electron chi connectivity index (χ1n) is 7.19. The molecule has 2 bridgehead atoms. The van der Waals surface area contributed by atoms with E-state index >= 15 is 0 Å². The van der Waals surface area contributed by atoms with Crippen LogP contribution >= 0.6 is 33.1 Å². The van der Waals surface area contributed by atoms with Crippen LogP contribution in [0.25, 0.3) is 0 Å². The summed E-state index contributed by atoms with van der Waals surface area (Å²) in [5, 5.41) is 2.21. The Balaban J connectivity index is 1.87. The van der Waals surface area contributed by atoms with Gasteiger partial charge in [0, 0.05) is 34.6 Å². The monoisotopic (exact) mass is 498 g/mol. The van der Waals surface area contributed by atoms with E-state index in [1.165, 1.54) is 0 Å². The Labute approximate surface area is 153 Å².